The summed E-state index contributed by atoms with van der Waals surface area (Å²) in [6, 6.07) is 7.53. The topological polar surface area (TPSA) is 54.5 Å². The van der Waals surface area contributed by atoms with Gasteiger partial charge >= 0.3 is 0 Å². The molecule has 0 aliphatic carbocycles. The second-order valence-corrected chi connectivity index (χ2v) is 4.21. The van der Waals surface area contributed by atoms with Crippen LogP contribution in [0.4, 0.5) is 0 Å². The summed E-state index contributed by atoms with van der Waals surface area (Å²) < 4.78 is 2.21. The van der Waals surface area contributed by atoms with Gasteiger partial charge in [0.2, 0.25) is 4.73 Å². The van der Waals surface area contributed by atoms with E-state index >= 15 is 0 Å². The van der Waals surface area contributed by atoms with Crippen molar-refractivity contribution in [3.05, 3.63) is 35.3 Å². The Labute approximate surface area is 99.1 Å². The van der Waals surface area contributed by atoms with E-state index in [1.54, 1.807) is 11.0 Å². The van der Waals surface area contributed by atoms with E-state index in [0.29, 0.717) is 4.73 Å². The first-order valence-electron chi connectivity index (χ1n) is 4.03. The summed E-state index contributed by atoms with van der Waals surface area (Å²) in [5, 5.41) is 14.6. The van der Waals surface area contributed by atoms with Crippen LogP contribution in [0.2, 0.25) is 0 Å². The van der Waals surface area contributed by atoms with Crippen molar-refractivity contribution in [3.8, 4) is 11.1 Å². The largest absolute Gasteiger partial charge is 0.220 e. The lowest BCUT2D eigenvalue weighted by molar-refractivity contribution is 0.869. The summed E-state index contributed by atoms with van der Waals surface area (Å²) in [5.74, 6) is 0. The minimum absolute atomic E-state index is 0.554. The smallest absolute Gasteiger partial charge is 0.217 e. The predicted molar refractivity (Wildman–Crippen MR) is 60.5 cm³/mol. The summed E-state index contributed by atoms with van der Waals surface area (Å²) in [4.78, 5) is 4.88. The molecule has 0 amide bonds. The zero-order valence-electron chi connectivity index (χ0n) is 7.46. The van der Waals surface area contributed by atoms with Crippen molar-refractivity contribution in [2.45, 2.75) is 4.90 Å². The fourth-order valence-electron chi connectivity index (χ4n) is 1.09. The van der Waals surface area contributed by atoms with Crippen molar-refractivity contribution < 1.29 is 0 Å². The molecule has 0 aliphatic heterocycles. The van der Waals surface area contributed by atoms with Gasteiger partial charge in [0.25, 0.3) is 0 Å². The molecule has 0 atom stereocenters. The molecule has 15 heavy (non-hydrogen) atoms. The molecule has 0 spiro atoms. The summed E-state index contributed by atoms with van der Waals surface area (Å²) in [6.45, 7) is 0. The molecule has 0 N–H and O–H groups in total. The van der Waals surface area contributed by atoms with E-state index in [-0.39, 0.29) is 0 Å². The highest BCUT2D eigenvalue weighted by molar-refractivity contribution is 9.10. The molecule has 74 valence electrons. The van der Waals surface area contributed by atoms with Gasteiger partial charge in [-0.3, -0.25) is 0 Å². The number of thioether (sulfide) groups is 1. The number of thiocyanates is 1. The van der Waals surface area contributed by atoms with Gasteiger partial charge in [0.1, 0.15) is 11.7 Å². The SMILES string of the molecule is N#CSc1ccc(-n2cnc(Br)n2)cc1. The number of rotatable bonds is 2. The number of benzene rings is 1. The average Bonchev–Trinajstić information content (AvgIpc) is 2.67. The van der Waals surface area contributed by atoms with Crippen molar-refractivity contribution in [1.82, 2.24) is 14.8 Å². The molecule has 0 saturated heterocycles. The van der Waals surface area contributed by atoms with E-state index in [1.165, 1.54) is 0 Å². The van der Waals surface area contributed by atoms with E-state index in [2.05, 4.69) is 26.0 Å². The van der Waals surface area contributed by atoms with Gasteiger partial charge in [-0.2, -0.15) is 5.26 Å². The Morgan fingerprint density at radius 2 is 2.07 bits per heavy atom. The van der Waals surface area contributed by atoms with E-state index in [4.69, 9.17) is 5.26 Å². The normalized spacial score (nSPS) is 9.87. The number of halogens is 1. The molecule has 1 aromatic carbocycles. The fourth-order valence-corrected chi connectivity index (χ4v) is 1.73. The zero-order chi connectivity index (χ0) is 10.7. The fraction of sp³-hybridized carbons (Fsp3) is 0. The summed E-state index contributed by atoms with van der Waals surface area (Å²) in [5.41, 5.74) is 0.912. The van der Waals surface area contributed by atoms with Crippen LogP contribution in [0.3, 0.4) is 0 Å². The lowest BCUT2D eigenvalue weighted by atomic mass is 10.3. The number of hydrogen-bond acceptors (Lipinski definition) is 4. The van der Waals surface area contributed by atoms with Crippen molar-refractivity contribution in [1.29, 1.82) is 5.26 Å². The van der Waals surface area contributed by atoms with Crippen LogP contribution in [0, 0.1) is 10.7 Å². The maximum absolute atomic E-state index is 8.49. The van der Waals surface area contributed by atoms with Gasteiger partial charge in [0.05, 0.1) is 5.69 Å². The lowest BCUT2D eigenvalue weighted by Gasteiger charge is -1.99. The highest BCUT2D eigenvalue weighted by Crippen LogP contribution is 2.18. The zero-order valence-corrected chi connectivity index (χ0v) is 9.86. The van der Waals surface area contributed by atoms with Gasteiger partial charge in [-0.05, 0) is 52.0 Å². The molecule has 6 heteroatoms. The van der Waals surface area contributed by atoms with E-state index in [9.17, 15) is 0 Å². The predicted octanol–water partition coefficient (Wildman–Crippen LogP) is 2.60. The molecular formula is C9H5BrN4S. The molecule has 0 fully saturated rings. The lowest BCUT2D eigenvalue weighted by Crippen LogP contribution is -1.93. The molecular weight excluding hydrogens is 276 g/mol. The van der Waals surface area contributed by atoms with Crippen LogP contribution < -0.4 is 0 Å². The number of nitriles is 1. The van der Waals surface area contributed by atoms with E-state index < -0.39 is 0 Å². The third-order valence-electron chi connectivity index (χ3n) is 1.73. The number of aromatic nitrogens is 3. The van der Waals surface area contributed by atoms with Crippen molar-refractivity contribution in [2.24, 2.45) is 0 Å². The number of hydrogen-bond donors (Lipinski definition) is 0. The van der Waals surface area contributed by atoms with E-state index in [1.807, 2.05) is 29.7 Å². The van der Waals surface area contributed by atoms with Gasteiger partial charge in [-0.15, -0.1) is 5.10 Å². The Balaban J connectivity index is 2.28. The summed E-state index contributed by atoms with van der Waals surface area (Å²) in [6.07, 6.45) is 1.62. The highest BCUT2D eigenvalue weighted by Gasteiger charge is 2.00. The van der Waals surface area contributed by atoms with Gasteiger partial charge in [0, 0.05) is 4.90 Å². The first-order valence-corrected chi connectivity index (χ1v) is 5.64. The van der Waals surface area contributed by atoms with Crippen LogP contribution in [-0.4, -0.2) is 14.8 Å². The third kappa shape index (κ3) is 2.37. The molecule has 4 nitrogen and oxygen atoms in total. The first-order chi connectivity index (χ1) is 7.29. The van der Waals surface area contributed by atoms with Gasteiger partial charge in [0.15, 0.2) is 0 Å². The van der Waals surface area contributed by atoms with Crippen LogP contribution in [0.5, 0.6) is 0 Å². The van der Waals surface area contributed by atoms with Gasteiger partial charge in [-0.1, -0.05) is 0 Å². The van der Waals surface area contributed by atoms with Crippen LogP contribution in [0.15, 0.2) is 40.2 Å². The first kappa shape index (κ1) is 10.2. The third-order valence-corrected chi connectivity index (χ3v) is 2.69. The second-order valence-electron chi connectivity index (χ2n) is 2.65. The minimum Gasteiger partial charge on any atom is -0.220 e. The van der Waals surface area contributed by atoms with Crippen molar-refractivity contribution in [3.63, 3.8) is 0 Å². The molecule has 1 aromatic heterocycles. The van der Waals surface area contributed by atoms with Crippen molar-refractivity contribution in [2.75, 3.05) is 0 Å². The highest BCUT2D eigenvalue weighted by atomic mass is 79.9. The standard InChI is InChI=1S/C9H5BrN4S/c10-9-12-6-14(13-9)7-1-3-8(4-2-7)15-5-11/h1-4,6H. The number of nitrogens with zero attached hydrogens (tertiary/aromatic N) is 4. The molecule has 0 saturated carbocycles. The Kier molecular flexibility index (Phi) is 3.04. The monoisotopic (exact) mass is 280 g/mol. The quantitative estimate of drug-likeness (QED) is 0.627. The van der Waals surface area contributed by atoms with Gasteiger partial charge < -0.3 is 0 Å². The Bertz CT molecular complexity index is 500. The van der Waals surface area contributed by atoms with Crippen LogP contribution in [-0.2, 0) is 0 Å². The molecule has 1 heterocycles. The van der Waals surface area contributed by atoms with Crippen LogP contribution in [0.25, 0.3) is 5.69 Å². The summed E-state index contributed by atoms with van der Waals surface area (Å²) >= 11 is 4.31. The van der Waals surface area contributed by atoms with Gasteiger partial charge in [-0.25, -0.2) is 9.67 Å². The van der Waals surface area contributed by atoms with Crippen LogP contribution in [0.1, 0.15) is 0 Å². The molecule has 0 aliphatic rings. The Hall–Kier alpha value is -1.32. The Morgan fingerprint density at radius 3 is 2.60 bits per heavy atom. The molecule has 2 aromatic rings. The van der Waals surface area contributed by atoms with Crippen molar-refractivity contribution >= 4 is 27.7 Å². The maximum Gasteiger partial charge on any atom is 0.217 e. The molecule has 2 rings (SSSR count). The molecule has 0 unspecified atom stereocenters. The second kappa shape index (κ2) is 4.47. The molecule has 0 radical (unpaired) electrons. The molecule has 0 bridgehead atoms. The maximum atomic E-state index is 8.49. The van der Waals surface area contributed by atoms with Crippen LogP contribution >= 0.6 is 27.7 Å². The average molecular weight is 281 g/mol. The van der Waals surface area contributed by atoms with E-state index in [0.717, 1.165) is 22.3 Å². The minimum atomic E-state index is 0.554. The summed E-state index contributed by atoms with van der Waals surface area (Å²) in [7, 11) is 0. The Morgan fingerprint density at radius 1 is 1.33 bits per heavy atom.